The van der Waals surface area contributed by atoms with Gasteiger partial charge in [-0.2, -0.15) is 11.8 Å². The zero-order valence-corrected chi connectivity index (χ0v) is 14.4. The van der Waals surface area contributed by atoms with E-state index in [1.165, 1.54) is 0 Å². The molecule has 0 aromatic rings. The molecule has 1 heterocycles. The predicted molar refractivity (Wildman–Crippen MR) is 86.8 cm³/mol. The van der Waals surface area contributed by atoms with Gasteiger partial charge in [-0.1, -0.05) is 13.3 Å². The van der Waals surface area contributed by atoms with Gasteiger partial charge < -0.3 is 14.9 Å². The van der Waals surface area contributed by atoms with Crippen molar-refractivity contribution >= 4 is 23.8 Å². The molecule has 21 heavy (non-hydrogen) atoms. The Morgan fingerprint density at radius 3 is 2.67 bits per heavy atom. The number of hydrogen-bond acceptors (Lipinski definition) is 3. The molecule has 1 fully saturated rings. The molecule has 5 nitrogen and oxygen atoms in total. The second-order valence-electron chi connectivity index (χ2n) is 5.87. The van der Waals surface area contributed by atoms with Gasteiger partial charge in [0.05, 0.1) is 0 Å². The Bertz CT molecular complexity index is 365. The Balaban J connectivity index is 2.72. The van der Waals surface area contributed by atoms with Gasteiger partial charge in [-0.25, -0.2) is 9.59 Å². The summed E-state index contributed by atoms with van der Waals surface area (Å²) in [6.45, 7) is 4.65. The van der Waals surface area contributed by atoms with Crippen molar-refractivity contribution in [3.8, 4) is 0 Å². The summed E-state index contributed by atoms with van der Waals surface area (Å²) in [6.07, 6.45) is 5.42. The Kier molecular flexibility index (Phi) is 7.35. The summed E-state index contributed by atoms with van der Waals surface area (Å²) in [6, 6.07) is -0.694. The first-order valence-corrected chi connectivity index (χ1v) is 9.06. The second kappa shape index (κ2) is 8.51. The van der Waals surface area contributed by atoms with Gasteiger partial charge in [-0.3, -0.25) is 0 Å². The van der Waals surface area contributed by atoms with Gasteiger partial charge in [0.25, 0.3) is 0 Å². The highest BCUT2D eigenvalue weighted by Crippen LogP contribution is 2.26. The normalized spacial score (nSPS) is 23.7. The molecule has 1 N–H and O–H groups in total. The molecule has 122 valence electrons. The topological polar surface area (TPSA) is 60.9 Å². The van der Waals surface area contributed by atoms with Crippen molar-refractivity contribution in [3.05, 3.63) is 0 Å². The number of rotatable bonds is 6. The minimum Gasteiger partial charge on any atom is -0.480 e. The fourth-order valence-corrected chi connectivity index (χ4v) is 3.32. The number of urea groups is 1. The largest absolute Gasteiger partial charge is 0.480 e. The summed E-state index contributed by atoms with van der Waals surface area (Å²) < 4.78 is 0. The zero-order valence-electron chi connectivity index (χ0n) is 13.5. The highest BCUT2D eigenvalue weighted by molar-refractivity contribution is 7.98. The van der Waals surface area contributed by atoms with Crippen LogP contribution in [0.5, 0.6) is 0 Å². The van der Waals surface area contributed by atoms with E-state index in [9.17, 15) is 14.7 Å². The monoisotopic (exact) mass is 316 g/mol. The molecule has 1 rings (SSSR count). The van der Waals surface area contributed by atoms with E-state index in [2.05, 4.69) is 6.92 Å². The van der Waals surface area contributed by atoms with Crippen LogP contribution in [0.1, 0.15) is 39.5 Å². The molecular weight excluding hydrogens is 288 g/mol. The molecule has 0 spiro atoms. The number of amides is 2. The molecule has 0 bridgehead atoms. The van der Waals surface area contributed by atoms with Crippen LogP contribution in [0.25, 0.3) is 0 Å². The van der Waals surface area contributed by atoms with Crippen LogP contribution in [0.15, 0.2) is 0 Å². The summed E-state index contributed by atoms with van der Waals surface area (Å²) in [7, 11) is 1.78. The van der Waals surface area contributed by atoms with E-state index >= 15 is 0 Å². The van der Waals surface area contributed by atoms with E-state index in [4.69, 9.17) is 0 Å². The third-order valence-corrected chi connectivity index (χ3v) is 5.17. The van der Waals surface area contributed by atoms with Gasteiger partial charge in [0.2, 0.25) is 0 Å². The lowest BCUT2D eigenvalue weighted by atomic mass is 9.89. The quantitative estimate of drug-likeness (QED) is 0.818. The van der Waals surface area contributed by atoms with Crippen molar-refractivity contribution in [2.75, 3.05) is 25.6 Å². The maximum atomic E-state index is 12.6. The third-order valence-electron chi connectivity index (χ3n) is 4.52. The maximum absolute atomic E-state index is 12.6. The van der Waals surface area contributed by atoms with Gasteiger partial charge in [0.1, 0.15) is 6.04 Å². The molecule has 0 aromatic carbocycles. The van der Waals surface area contributed by atoms with Crippen molar-refractivity contribution < 1.29 is 14.7 Å². The van der Waals surface area contributed by atoms with Crippen molar-refractivity contribution in [2.45, 2.75) is 51.6 Å². The Morgan fingerprint density at radius 2 is 2.14 bits per heavy atom. The number of carbonyl (C=O) groups excluding carboxylic acids is 1. The second-order valence-corrected chi connectivity index (χ2v) is 6.86. The van der Waals surface area contributed by atoms with E-state index in [-0.39, 0.29) is 12.1 Å². The smallest absolute Gasteiger partial charge is 0.326 e. The van der Waals surface area contributed by atoms with Crippen LogP contribution in [0, 0.1) is 5.92 Å². The highest BCUT2D eigenvalue weighted by Gasteiger charge is 2.37. The maximum Gasteiger partial charge on any atom is 0.326 e. The molecule has 1 saturated heterocycles. The first-order valence-electron chi connectivity index (χ1n) is 7.67. The van der Waals surface area contributed by atoms with E-state index in [1.807, 2.05) is 13.2 Å². The van der Waals surface area contributed by atoms with Gasteiger partial charge in [-0.05, 0) is 44.1 Å². The molecule has 3 unspecified atom stereocenters. The van der Waals surface area contributed by atoms with Crippen LogP contribution in [-0.2, 0) is 4.79 Å². The van der Waals surface area contributed by atoms with Gasteiger partial charge in [0.15, 0.2) is 0 Å². The fourth-order valence-electron chi connectivity index (χ4n) is 2.75. The van der Waals surface area contributed by atoms with Crippen LogP contribution < -0.4 is 0 Å². The zero-order chi connectivity index (χ0) is 16.0. The van der Waals surface area contributed by atoms with E-state index < -0.39 is 12.0 Å². The number of likely N-dealkylation sites (tertiary alicyclic amines) is 1. The number of carboxylic acids is 1. The number of carbonyl (C=O) groups is 2. The summed E-state index contributed by atoms with van der Waals surface area (Å²) in [4.78, 5) is 27.3. The van der Waals surface area contributed by atoms with Crippen LogP contribution >= 0.6 is 11.8 Å². The van der Waals surface area contributed by atoms with Crippen molar-refractivity contribution in [2.24, 2.45) is 5.92 Å². The highest BCUT2D eigenvalue weighted by atomic mass is 32.2. The lowest BCUT2D eigenvalue weighted by molar-refractivity contribution is -0.144. The Morgan fingerprint density at radius 1 is 1.48 bits per heavy atom. The number of nitrogens with zero attached hydrogens (tertiary/aromatic N) is 2. The molecule has 0 radical (unpaired) electrons. The van der Waals surface area contributed by atoms with Gasteiger partial charge >= 0.3 is 12.0 Å². The summed E-state index contributed by atoms with van der Waals surface area (Å²) in [5.74, 6) is 0.528. The lowest BCUT2D eigenvalue weighted by Gasteiger charge is -2.40. The molecule has 0 aliphatic carbocycles. The molecule has 2 amide bonds. The molecule has 6 heteroatoms. The van der Waals surface area contributed by atoms with Crippen LogP contribution in [-0.4, -0.2) is 64.6 Å². The van der Waals surface area contributed by atoms with E-state index in [1.54, 1.807) is 28.6 Å². The van der Waals surface area contributed by atoms with Crippen molar-refractivity contribution in [1.82, 2.24) is 9.80 Å². The molecule has 1 aliphatic heterocycles. The number of hydrogen-bond donors (Lipinski definition) is 1. The van der Waals surface area contributed by atoms with Crippen molar-refractivity contribution in [3.63, 3.8) is 0 Å². The SMILES string of the molecule is CCC1CCN(C(=O)N(C)C(C)CCSC)C(C(=O)O)C1. The van der Waals surface area contributed by atoms with Gasteiger partial charge in [0, 0.05) is 19.6 Å². The van der Waals surface area contributed by atoms with Crippen LogP contribution in [0.2, 0.25) is 0 Å². The summed E-state index contributed by atoms with van der Waals surface area (Å²) in [5.41, 5.74) is 0. The molecule has 0 aromatic heterocycles. The van der Waals surface area contributed by atoms with Crippen molar-refractivity contribution in [1.29, 1.82) is 0 Å². The summed E-state index contributed by atoms with van der Waals surface area (Å²) >= 11 is 1.76. The van der Waals surface area contributed by atoms with E-state index in [0.717, 1.165) is 25.0 Å². The average Bonchev–Trinajstić information content (AvgIpc) is 2.50. The third kappa shape index (κ3) is 4.80. The van der Waals surface area contributed by atoms with E-state index in [0.29, 0.717) is 18.9 Å². The fraction of sp³-hybridized carbons (Fsp3) is 0.867. The predicted octanol–water partition coefficient (Wildman–Crippen LogP) is 2.76. The van der Waals surface area contributed by atoms with Crippen LogP contribution in [0.4, 0.5) is 4.79 Å². The number of thioether (sulfide) groups is 1. The lowest BCUT2D eigenvalue weighted by Crippen LogP contribution is -2.55. The minimum absolute atomic E-state index is 0.128. The molecular formula is C15H28N2O3S. The first-order chi connectivity index (χ1) is 9.92. The minimum atomic E-state index is -0.883. The first kappa shape index (κ1) is 18.1. The van der Waals surface area contributed by atoms with Gasteiger partial charge in [-0.15, -0.1) is 0 Å². The summed E-state index contributed by atoms with van der Waals surface area (Å²) in [5, 5.41) is 9.42. The number of carboxylic acid groups (broad SMARTS) is 1. The molecule has 1 aliphatic rings. The number of piperidine rings is 1. The Labute approximate surface area is 132 Å². The average molecular weight is 316 g/mol. The standard InChI is InChI=1S/C15H28N2O3S/c1-5-12-6-8-17(13(10-12)14(18)19)15(20)16(3)11(2)7-9-21-4/h11-13H,5-10H2,1-4H3,(H,18,19). The number of aliphatic carboxylic acids is 1. The molecule has 3 atom stereocenters. The Hall–Kier alpha value is -0.910. The molecule has 0 saturated carbocycles. The van der Waals surface area contributed by atoms with Crippen LogP contribution in [0.3, 0.4) is 0 Å².